The number of hydrogen-bond acceptors (Lipinski definition) is 4. The summed E-state index contributed by atoms with van der Waals surface area (Å²) in [5.41, 5.74) is 0. The van der Waals surface area contributed by atoms with E-state index in [4.69, 9.17) is 4.74 Å². The van der Waals surface area contributed by atoms with E-state index in [0.29, 0.717) is 6.10 Å². The van der Waals surface area contributed by atoms with E-state index in [9.17, 15) is 0 Å². The molecule has 3 heterocycles. The summed E-state index contributed by atoms with van der Waals surface area (Å²) < 4.78 is 5.85. The molecule has 0 radical (unpaired) electrons. The van der Waals surface area contributed by atoms with E-state index in [-0.39, 0.29) is 0 Å². The zero-order valence-corrected chi connectivity index (χ0v) is 10.1. The number of pyridine rings is 1. The van der Waals surface area contributed by atoms with Gasteiger partial charge in [0.05, 0.1) is 6.20 Å². The molecule has 1 aromatic heterocycles. The van der Waals surface area contributed by atoms with Gasteiger partial charge >= 0.3 is 0 Å². The van der Waals surface area contributed by atoms with Crippen LogP contribution in [0.3, 0.4) is 0 Å². The fourth-order valence-electron chi connectivity index (χ4n) is 2.50. The van der Waals surface area contributed by atoms with Crippen molar-refractivity contribution < 1.29 is 4.74 Å². The number of rotatable bonds is 3. The molecule has 92 valence electrons. The van der Waals surface area contributed by atoms with Crippen LogP contribution in [0.25, 0.3) is 0 Å². The van der Waals surface area contributed by atoms with Gasteiger partial charge in [0.25, 0.3) is 0 Å². The lowest BCUT2D eigenvalue weighted by atomic mass is 10.3. The first-order chi connectivity index (χ1) is 8.42. The zero-order valence-electron chi connectivity index (χ0n) is 10.1. The molecule has 2 fully saturated rings. The van der Waals surface area contributed by atoms with Crippen molar-refractivity contribution in [2.24, 2.45) is 0 Å². The van der Waals surface area contributed by atoms with Crippen molar-refractivity contribution in [3.8, 4) is 5.75 Å². The Kier molecular flexibility index (Phi) is 3.14. The third-order valence-corrected chi connectivity index (χ3v) is 3.47. The zero-order chi connectivity index (χ0) is 11.5. The van der Waals surface area contributed by atoms with Crippen molar-refractivity contribution in [3.63, 3.8) is 0 Å². The van der Waals surface area contributed by atoms with E-state index in [0.717, 1.165) is 44.2 Å². The maximum absolute atomic E-state index is 5.85. The van der Waals surface area contributed by atoms with E-state index in [1.807, 2.05) is 12.3 Å². The first kappa shape index (κ1) is 10.8. The van der Waals surface area contributed by atoms with Gasteiger partial charge in [0.2, 0.25) is 0 Å². The van der Waals surface area contributed by atoms with Gasteiger partial charge in [-0.1, -0.05) is 0 Å². The van der Waals surface area contributed by atoms with Gasteiger partial charge in [-0.3, -0.25) is 0 Å². The van der Waals surface area contributed by atoms with Crippen LogP contribution in [0.2, 0.25) is 0 Å². The van der Waals surface area contributed by atoms with Gasteiger partial charge in [-0.2, -0.15) is 0 Å². The van der Waals surface area contributed by atoms with Gasteiger partial charge in [0.15, 0.2) is 0 Å². The molecule has 1 aromatic rings. The van der Waals surface area contributed by atoms with Gasteiger partial charge in [-0.05, 0) is 37.9 Å². The lowest BCUT2D eigenvalue weighted by Gasteiger charge is -2.17. The predicted octanol–water partition coefficient (Wildman–Crippen LogP) is 1.42. The Morgan fingerprint density at radius 2 is 2.18 bits per heavy atom. The van der Waals surface area contributed by atoms with Crippen molar-refractivity contribution in [3.05, 3.63) is 18.3 Å². The third-order valence-electron chi connectivity index (χ3n) is 3.47. The maximum Gasteiger partial charge on any atom is 0.138 e. The summed E-state index contributed by atoms with van der Waals surface area (Å²) in [5, 5.41) is 3.30. The first-order valence-corrected chi connectivity index (χ1v) is 6.50. The minimum atomic E-state index is 0.314. The third kappa shape index (κ3) is 2.52. The summed E-state index contributed by atoms with van der Waals surface area (Å²) in [5.74, 6) is 1.97. The molecule has 2 aliphatic heterocycles. The number of ether oxygens (including phenoxy) is 1. The van der Waals surface area contributed by atoms with Crippen LogP contribution in [0, 0.1) is 0 Å². The largest absolute Gasteiger partial charge is 0.487 e. The Morgan fingerprint density at radius 3 is 2.82 bits per heavy atom. The van der Waals surface area contributed by atoms with Crippen LogP contribution in [0.4, 0.5) is 5.82 Å². The second-order valence-corrected chi connectivity index (χ2v) is 4.78. The highest BCUT2D eigenvalue weighted by Crippen LogP contribution is 2.21. The Balaban J connectivity index is 1.62. The average molecular weight is 233 g/mol. The molecule has 2 aliphatic rings. The Labute approximate surface area is 102 Å². The van der Waals surface area contributed by atoms with Crippen LogP contribution in [0.5, 0.6) is 5.75 Å². The molecule has 1 atom stereocenters. The normalized spacial score (nSPS) is 24.2. The number of aromatic nitrogens is 1. The molecular weight excluding hydrogens is 214 g/mol. The van der Waals surface area contributed by atoms with Crippen LogP contribution in [-0.4, -0.2) is 37.3 Å². The average Bonchev–Trinajstić information content (AvgIpc) is 3.01. The highest BCUT2D eigenvalue weighted by Gasteiger charge is 2.17. The van der Waals surface area contributed by atoms with Gasteiger partial charge in [0.1, 0.15) is 17.7 Å². The topological polar surface area (TPSA) is 37.4 Å². The Morgan fingerprint density at radius 1 is 1.29 bits per heavy atom. The van der Waals surface area contributed by atoms with Gasteiger partial charge in [0, 0.05) is 19.6 Å². The SMILES string of the molecule is c1cc(N2CCCC2)ncc1OC1CCNC1. The summed E-state index contributed by atoms with van der Waals surface area (Å²) >= 11 is 0. The summed E-state index contributed by atoms with van der Waals surface area (Å²) in [7, 11) is 0. The molecule has 17 heavy (non-hydrogen) atoms. The van der Waals surface area contributed by atoms with Crippen LogP contribution >= 0.6 is 0 Å². The molecule has 0 bridgehead atoms. The molecule has 0 amide bonds. The summed E-state index contributed by atoms with van der Waals surface area (Å²) in [6.07, 6.45) is 5.83. The van der Waals surface area contributed by atoms with E-state index in [1.165, 1.54) is 12.8 Å². The summed E-state index contributed by atoms with van der Waals surface area (Å²) in [4.78, 5) is 6.82. The van der Waals surface area contributed by atoms with Crippen molar-refractivity contribution in [1.82, 2.24) is 10.3 Å². The fourth-order valence-corrected chi connectivity index (χ4v) is 2.50. The highest BCUT2D eigenvalue weighted by atomic mass is 16.5. The lowest BCUT2D eigenvalue weighted by molar-refractivity contribution is 0.222. The van der Waals surface area contributed by atoms with E-state index in [1.54, 1.807) is 0 Å². The molecule has 0 aromatic carbocycles. The maximum atomic E-state index is 5.85. The number of hydrogen-bond donors (Lipinski definition) is 1. The van der Waals surface area contributed by atoms with Crippen molar-refractivity contribution in [2.75, 3.05) is 31.1 Å². The Bertz CT molecular complexity index is 353. The molecule has 1 N–H and O–H groups in total. The first-order valence-electron chi connectivity index (χ1n) is 6.50. The minimum absolute atomic E-state index is 0.314. The molecule has 0 saturated carbocycles. The summed E-state index contributed by atoms with van der Waals surface area (Å²) in [6, 6.07) is 4.11. The van der Waals surface area contributed by atoms with Crippen LogP contribution in [0.1, 0.15) is 19.3 Å². The molecular formula is C13H19N3O. The van der Waals surface area contributed by atoms with E-state index >= 15 is 0 Å². The Hall–Kier alpha value is -1.29. The fraction of sp³-hybridized carbons (Fsp3) is 0.615. The number of nitrogens with one attached hydrogen (secondary N) is 1. The molecule has 2 saturated heterocycles. The van der Waals surface area contributed by atoms with Crippen molar-refractivity contribution in [1.29, 1.82) is 0 Å². The molecule has 3 rings (SSSR count). The van der Waals surface area contributed by atoms with Crippen LogP contribution in [0.15, 0.2) is 18.3 Å². The molecule has 0 spiro atoms. The number of nitrogens with zero attached hydrogens (tertiary/aromatic N) is 2. The van der Waals surface area contributed by atoms with Gasteiger partial charge < -0.3 is 15.0 Å². The smallest absolute Gasteiger partial charge is 0.138 e. The van der Waals surface area contributed by atoms with E-state index < -0.39 is 0 Å². The monoisotopic (exact) mass is 233 g/mol. The predicted molar refractivity (Wildman–Crippen MR) is 67.6 cm³/mol. The second-order valence-electron chi connectivity index (χ2n) is 4.78. The molecule has 1 unspecified atom stereocenters. The van der Waals surface area contributed by atoms with Crippen LogP contribution in [-0.2, 0) is 0 Å². The van der Waals surface area contributed by atoms with Crippen LogP contribution < -0.4 is 15.0 Å². The van der Waals surface area contributed by atoms with Gasteiger partial charge in [-0.15, -0.1) is 0 Å². The van der Waals surface area contributed by atoms with Gasteiger partial charge in [-0.25, -0.2) is 4.98 Å². The number of anilines is 1. The molecule has 4 nitrogen and oxygen atoms in total. The molecule has 4 heteroatoms. The summed E-state index contributed by atoms with van der Waals surface area (Å²) in [6.45, 7) is 4.29. The highest BCUT2D eigenvalue weighted by molar-refractivity contribution is 5.41. The van der Waals surface area contributed by atoms with E-state index in [2.05, 4.69) is 21.3 Å². The van der Waals surface area contributed by atoms with Crippen molar-refractivity contribution in [2.45, 2.75) is 25.4 Å². The standard InChI is InChI=1S/C13H19N3O/c1-2-8-16(7-1)13-4-3-11(10-15-13)17-12-5-6-14-9-12/h3-4,10,12,14H,1-2,5-9H2. The second kappa shape index (κ2) is 4.92. The molecule has 0 aliphatic carbocycles. The lowest BCUT2D eigenvalue weighted by Crippen LogP contribution is -2.20. The quantitative estimate of drug-likeness (QED) is 0.857. The minimum Gasteiger partial charge on any atom is -0.487 e. The van der Waals surface area contributed by atoms with Crippen molar-refractivity contribution >= 4 is 5.82 Å².